The number of hydrogen-bond acceptors (Lipinski definition) is 5. The van der Waals surface area contributed by atoms with Gasteiger partial charge in [0, 0.05) is 4.90 Å². The van der Waals surface area contributed by atoms with E-state index < -0.39 is 5.97 Å². The average molecular weight is 360 g/mol. The van der Waals surface area contributed by atoms with Gasteiger partial charge in [0.25, 0.3) is 0 Å². The molecule has 0 saturated heterocycles. The summed E-state index contributed by atoms with van der Waals surface area (Å²) >= 11 is 7.86. The number of carbonyl (C=O) groups is 1. The first-order chi connectivity index (χ1) is 11.6. The van der Waals surface area contributed by atoms with Crippen molar-refractivity contribution in [3.63, 3.8) is 0 Å². The molecule has 0 bridgehead atoms. The lowest BCUT2D eigenvalue weighted by molar-refractivity contribution is -0.129. The summed E-state index contributed by atoms with van der Waals surface area (Å²) in [6.45, 7) is 0. The van der Waals surface area contributed by atoms with Crippen LogP contribution in [0.25, 0.3) is 6.08 Å². The molecule has 3 rings (SSSR count). The van der Waals surface area contributed by atoms with Crippen molar-refractivity contribution in [3.8, 4) is 5.75 Å². The van der Waals surface area contributed by atoms with Crippen LogP contribution >= 0.6 is 23.4 Å². The van der Waals surface area contributed by atoms with Crippen molar-refractivity contribution in [1.29, 1.82) is 0 Å². The number of halogens is 1. The molecule has 0 aliphatic carbocycles. The van der Waals surface area contributed by atoms with E-state index in [1.54, 1.807) is 43.1 Å². The van der Waals surface area contributed by atoms with Crippen LogP contribution in [0.3, 0.4) is 0 Å². The Bertz CT molecular complexity index is 844. The Balaban J connectivity index is 1.91. The molecule has 0 unspecified atom stereocenters. The minimum absolute atomic E-state index is 0.194. The van der Waals surface area contributed by atoms with Gasteiger partial charge in [-0.15, -0.1) is 11.8 Å². The van der Waals surface area contributed by atoms with Crippen molar-refractivity contribution in [2.75, 3.05) is 13.4 Å². The molecule has 0 atom stereocenters. The zero-order chi connectivity index (χ0) is 17.1. The molecule has 0 aromatic heterocycles. The monoisotopic (exact) mass is 359 g/mol. The Morgan fingerprint density at radius 3 is 2.58 bits per heavy atom. The molecule has 0 N–H and O–H groups in total. The van der Waals surface area contributed by atoms with E-state index in [1.165, 1.54) is 0 Å². The predicted octanol–water partition coefficient (Wildman–Crippen LogP) is 4.42. The van der Waals surface area contributed by atoms with Gasteiger partial charge in [0.1, 0.15) is 5.75 Å². The molecule has 4 nitrogen and oxygen atoms in total. The van der Waals surface area contributed by atoms with E-state index in [0.29, 0.717) is 16.3 Å². The number of esters is 1. The average Bonchev–Trinajstić information content (AvgIpc) is 2.95. The maximum atomic E-state index is 12.0. The molecule has 2 aromatic carbocycles. The SMILES string of the molecule is COc1ccc(C2=NC(=Cc3ccc(SC)cc3)C(=O)O2)c(Cl)c1. The van der Waals surface area contributed by atoms with Crippen LogP contribution in [0.4, 0.5) is 0 Å². The third-order valence-corrected chi connectivity index (χ3v) is 4.50. The standard InChI is InChI=1S/C18H14ClNO3S/c1-22-12-5-8-14(15(19)10-12)17-20-16(18(21)23-17)9-11-3-6-13(24-2)7-4-11/h3-10H,1-2H3. The van der Waals surface area contributed by atoms with Gasteiger partial charge in [-0.2, -0.15) is 0 Å². The Morgan fingerprint density at radius 1 is 1.21 bits per heavy atom. The van der Waals surface area contributed by atoms with Crippen LogP contribution in [-0.2, 0) is 9.53 Å². The van der Waals surface area contributed by atoms with Gasteiger partial charge in [0.15, 0.2) is 5.70 Å². The summed E-state index contributed by atoms with van der Waals surface area (Å²) in [5.41, 5.74) is 1.67. The number of benzene rings is 2. The summed E-state index contributed by atoms with van der Waals surface area (Å²) in [7, 11) is 1.56. The molecule has 0 spiro atoms. The molecule has 0 radical (unpaired) electrons. The number of methoxy groups -OCH3 is 1. The number of carbonyl (C=O) groups excluding carboxylic acids is 1. The third-order valence-electron chi connectivity index (χ3n) is 3.45. The topological polar surface area (TPSA) is 47.9 Å². The fourth-order valence-electron chi connectivity index (χ4n) is 2.18. The van der Waals surface area contributed by atoms with Crippen LogP contribution in [-0.4, -0.2) is 25.2 Å². The van der Waals surface area contributed by atoms with Crippen LogP contribution in [0.15, 0.2) is 58.0 Å². The van der Waals surface area contributed by atoms with E-state index in [0.717, 1.165) is 10.5 Å². The lowest BCUT2D eigenvalue weighted by Gasteiger charge is -2.05. The minimum Gasteiger partial charge on any atom is -0.497 e. The van der Waals surface area contributed by atoms with E-state index in [-0.39, 0.29) is 11.6 Å². The molecule has 1 aliphatic heterocycles. The second kappa shape index (κ2) is 7.11. The summed E-state index contributed by atoms with van der Waals surface area (Å²) < 4.78 is 10.4. The van der Waals surface area contributed by atoms with Gasteiger partial charge in [-0.1, -0.05) is 23.7 Å². The quantitative estimate of drug-likeness (QED) is 0.460. The fourth-order valence-corrected chi connectivity index (χ4v) is 2.84. The highest BCUT2D eigenvalue weighted by Crippen LogP contribution is 2.27. The van der Waals surface area contributed by atoms with Crippen molar-refractivity contribution >= 4 is 41.3 Å². The van der Waals surface area contributed by atoms with Crippen LogP contribution in [0, 0.1) is 0 Å². The number of hydrogen-bond donors (Lipinski definition) is 0. The largest absolute Gasteiger partial charge is 0.497 e. The number of ether oxygens (including phenoxy) is 2. The molecule has 6 heteroatoms. The molecular weight excluding hydrogens is 346 g/mol. The first kappa shape index (κ1) is 16.6. The Morgan fingerprint density at radius 2 is 1.96 bits per heavy atom. The summed E-state index contributed by atoms with van der Waals surface area (Å²) in [4.78, 5) is 17.5. The maximum Gasteiger partial charge on any atom is 0.363 e. The van der Waals surface area contributed by atoms with Crippen LogP contribution in [0.1, 0.15) is 11.1 Å². The van der Waals surface area contributed by atoms with E-state index in [4.69, 9.17) is 21.1 Å². The smallest absolute Gasteiger partial charge is 0.363 e. The molecule has 0 amide bonds. The molecule has 0 saturated carbocycles. The Kier molecular flexibility index (Phi) is 4.92. The lowest BCUT2D eigenvalue weighted by atomic mass is 10.2. The van der Waals surface area contributed by atoms with Crippen LogP contribution in [0.5, 0.6) is 5.75 Å². The van der Waals surface area contributed by atoms with Crippen molar-refractivity contribution in [1.82, 2.24) is 0 Å². The number of rotatable bonds is 4. The molecular formula is C18H14ClNO3S. The highest BCUT2D eigenvalue weighted by molar-refractivity contribution is 7.98. The van der Waals surface area contributed by atoms with Gasteiger partial charge in [-0.05, 0) is 48.2 Å². The number of nitrogens with zero attached hydrogens (tertiary/aromatic N) is 1. The van der Waals surface area contributed by atoms with E-state index in [2.05, 4.69) is 4.99 Å². The van der Waals surface area contributed by atoms with Crippen LogP contribution < -0.4 is 4.74 Å². The molecule has 2 aromatic rings. The van der Waals surface area contributed by atoms with Crippen molar-refractivity contribution < 1.29 is 14.3 Å². The van der Waals surface area contributed by atoms with Gasteiger partial charge >= 0.3 is 5.97 Å². The van der Waals surface area contributed by atoms with Crippen molar-refractivity contribution in [2.24, 2.45) is 4.99 Å². The molecule has 122 valence electrons. The maximum absolute atomic E-state index is 12.0. The summed E-state index contributed by atoms with van der Waals surface area (Å²) in [6.07, 6.45) is 3.70. The van der Waals surface area contributed by atoms with Gasteiger partial charge in [-0.25, -0.2) is 9.79 Å². The fraction of sp³-hybridized carbons (Fsp3) is 0.111. The normalized spacial score (nSPS) is 15.4. The van der Waals surface area contributed by atoms with E-state index >= 15 is 0 Å². The van der Waals surface area contributed by atoms with Crippen molar-refractivity contribution in [3.05, 3.63) is 64.3 Å². The number of thioether (sulfide) groups is 1. The number of cyclic esters (lactones) is 1. The van der Waals surface area contributed by atoms with E-state index in [9.17, 15) is 4.79 Å². The number of aliphatic imine (C=N–C) groups is 1. The van der Waals surface area contributed by atoms with Gasteiger partial charge in [-0.3, -0.25) is 0 Å². The van der Waals surface area contributed by atoms with Gasteiger partial charge < -0.3 is 9.47 Å². The van der Waals surface area contributed by atoms with Crippen LogP contribution in [0.2, 0.25) is 5.02 Å². The molecule has 1 heterocycles. The molecule has 24 heavy (non-hydrogen) atoms. The first-order valence-electron chi connectivity index (χ1n) is 7.11. The summed E-state index contributed by atoms with van der Waals surface area (Å²) in [5, 5.41) is 0.409. The zero-order valence-corrected chi connectivity index (χ0v) is 14.6. The predicted molar refractivity (Wildman–Crippen MR) is 96.8 cm³/mol. The van der Waals surface area contributed by atoms with Crippen molar-refractivity contribution in [2.45, 2.75) is 4.90 Å². The highest BCUT2D eigenvalue weighted by Gasteiger charge is 2.25. The second-order valence-electron chi connectivity index (χ2n) is 4.95. The third kappa shape index (κ3) is 3.47. The second-order valence-corrected chi connectivity index (χ2v) is 6.24. The zero-order valence-electron chi connectivity index (χ0n) is 13.1. The van der Waals surface area contributed by atoms with E-state index in [1.807, 2.05) is 30.5 Å². The van der Waals surface area contributed by atoms with Gasteiger partial charge in [0.2, 0.25) is 5.90 Å². The summed E-state index contributed by atoms with van der Waals surface area (Å²) in [5.74, 6) is 0.323. The lowest BCUT2D eigenvalue weighted by Crippen LogP contribution is -2.06. The molecule has 0 fully saturated rings. The Hall–Kier alpha value is -2.24. The summed E-state index contributed by atoms with van der Waals surface area (Å²) in [6, 6.07) is 12.9. The Labute approximate surface area is 149 Å². The highest BCUT2D eigenvalue weighted by atomic mass is 35.5. The molecule has 1 aliphatic rings. The minimum atomic E-state index is -0.495. The first-order valence-corrected chi connectivity index (χ1v) is 8.71. The van der Waals surface area contributed by atoms with Gasteiger partial charge in [0.05, 0.1) is 17.7 Å².